The summed E-state index contributed by atoms with van der Waals surface area (Å²) in [6, 6.07) is 12.7. The SMILES string of the molecule is N#CC1(Nc2ccccc2)CCC2(CCCC2)CC1. The molecule has 3 rings (SSSR count). The highest BCUT2D eigenvalue weighted by Crippen LogP contribution is 2.51. The Balaban J connectivity index is 1.70. The van der Waals surface area contributed by atoms with Gasteiger partial charge in [0.05, 0.1) is 6.07 Å². The van der Waals surface area contributed by atoms with Crippen LogP contribution in [0.2, 0.25) is 0 Å². The third kappa shape index (κ3) is 2.47. The first-order chi connectivity index (χ1) is 9.26. The summed E-state index contributed by atoms with van der Waals surface area (Å²) in [6.07, 6.45) is 10.0. The maximum absolute atomic E-state index is 9.62. The molecule has 0 unspecified atom stereocenters. The van der Waals surface area contributed by atoms with Crippen LogP contribution in [-0.2, 0) is 0 Å². The molecule has 0 radical (unpaired) electrons. The van der Waals surface area contributed by atoms with Crippen LogP contribution in [0.1, 0.15) is 51.4 Å². The summed E-state index contributed by atoms with van der Waals surface area (Å²) in [5.41, 5.74) is 1.32. The number of rotatable bonds is 2. The maximum Gasteiger partial charge on any atom is 0.125 e. The number of nitrogens with one attached hydrogen (secondary N) is 1. The minimum absolute atomic E-state index is 0.338. The highest BCUT2D eigenvalue weighted by molar-refractivity contribution is 5.47. The molecule has 100 valence electrons. The summed E-state index contributed by atoms with van der Waals surface area (Å²) in [6.45, 7) is 0. The monoisotopic (exact) mass is 254 g/mol. The van der Waals surface area contributed by atoms with Crippen molar-refractivity contribution >= 4 is 5.69 Å². The predicted molar refractivity (Wildman–Crippen MR) is 77.8 cm³/mol. The van der Waals surface area contributed by atoms with Crippen molar-refractivity contribution in [1.29, 1.82) is 5.26 Å². The molecule has 2 nitrogen and oxygen atoms in total. The highest BCUT2D eigenvalue weighted by atomic mass is 15.0. The first kappa shape index (κ1) is 12.5. The van der Waals surface area contributed by atoms with Crippen molar-refractivity contribution in [2.75, 3.05) is 5.32 Å². The van der Waals surface area contributed by atoms with Gasteiger partial charge in [0.25, 0.3) is 0 Å². The molecule has 0 aliphatic heterocycles. The first-order valence-corrected chi connectivity index (χ1v) is 7.51. The molecule has 2 aliphatic carbocycles. The van der Waals surface area contributed by atoms with Crippen LogP contribution in [0.25, 0.3) is 0 Å². The van der Waals surface area contributed by atoms with E-state index in [1.165, 1.54) is 38.5 Å². The van der Waals surface area contributed by atoms with Crippen molar-refractivity contribution in [1.82, 2.24) is 0 Å². The van der Waals surface area contributed by atoms with Crippen LogP contribution in [0.4, 0.5) is 5.69 Å². The molecular weight excluding hydrogens is 232 g/mol. The molecule has 2 aliphatic rings. The Bertz CT molecular complexity index is 456. The molecule has 2 fully saturated rings. The van der Waals surface area contributed by atoms with Crippen molar-refractivity contribution in [3.63, 3.8) is 0 Å². The van der Waals surface area contributed by atoms with Crippen LogP contribution < -0.4 is 5.32 Å². The summed E-state index contributed by atoms with van der Waals surface area (Å²) in [7, 11) is 0. The number of anilines is 1. The zero-order valence-corrected chi connectivity index (χ0v) is 11.5. The molecule has 0 heterocycles. The molecule has 0 bridgehead atoms. The zero-order chi connectivity index (χ0) is 13.2. The lowest BCUT2D eigenvalue weighted by Crippen LogP contribution is -2.43. The van der Waals surface area contributed by atoms with Crippen LogP contribution in [0.3, 0.4) is 0 Å². The quantitative estimate of drug-likeness (QED) is 0.843. The molecule has 19 heavy (non-hydrogen) atoms. The van der Waals surface area contributed by atoms with Gasteiger partial charge in [0.1, 0.15) is 5.54 Å². The van der Waals surface area contributed by atoms with Gasteiger partial charge in [0.15, 0.2) is 0 Å². The van der Waals surface area contributed by atoms with Gasteiger partial charge in [0.2, 0.25) is 0 Å². The van der Waals surface area contributed by atoms with Crippen LogP contribution in [0.15, 0.2) is 30.3 Å². The van der Waals surface area contributed by atoms with Crippen LogP contribution >= 0.6 is 0 Å². The lowest BCUT2D eigenvalue weighted by Gasteiger charge is -2.42. The van der Waals surface area contributed by atoms with Gasteiger partial charge in [-0.3, -0.25) is 0 Å². The van der Waals surface area contributed by atoms with Gasteiger partial charge < -0.3 is 5.32 Å². The van der Waals surface area contributed by atoms with Gasteiger partial charge in [-0.15, -0.1) is 0 Å². The van der Waals surface area contributed by atoms with E-state index in [4.69, 9.17) is 0 Å². The van der Waals surface area contributed by atoms with E-state index in [0.717, 1.165) is 18.5 Å². The van der Waals surface area contributed by atoms with E-state index in [1.54, 1.807) is 0 Å². The van der Waals surface area contributed by atoms with Crippen LogP contribution in [-0.4, -0.2) is 5.54 Å². The molecule has 0 saturated heterocycles. The highest BCUT2D eigenvalue weighted by Gasteiger charge is 2.44. The minimum Gasteiger partial charge on any atom is -0.367 e. The Morgan fingerprint density at radius 1 is 0.895 bits per heavy atom. The van der Waals surface area contributed by atoms with Gasteiger partial charge in [0, 0.05) is 5.69 Å². The number of hydrogen-bond acceptors (Lipinski definition) is 2. The second-order valence-corrected chi connectivity index (χ2v) is 6.39. The van der Waals surface area contributed by atoms with Crippen molar-refractivity contribution in [3.05, 3.63) is 30.3 Å². The van der Waals surface area contributed by atoms with Crippen molar-refractivity contribution in [2.45, 2.75) is 56.9 Å². The predicted octanol–water partition coefficient (Wildman–Crippen LogP) is 4.50. The van der Waals surface area contributed by atoms with E-state index < -0.39 is 0 Å². The Kier molecular flexibility index (Phi) is 3.22. The van der Waals surface area contributed by atoms with E-state index in [2.05, 4.69) is 23.5 Å². The average Bonchev–Trinajstić information content (AvgIpc) is 2.92. The fraction of sp³-hybridized carbons (Fsp3) is 0.588. The van der Waals surface area contributed by atoms with E-state index in [9.17, 15) is 5.26 Å². The summed E-state index contributed by atoms with van der Waals surface area (Å²) in [4.78, 5) is 0. The summed E-state index contributed by atoms with van der Waals surface area (Å²) in [5.74, 6) is 0. The third-order valence-electron chi connectivity index (χ3n) is 5.20. The van der Waals surface area contributed by atoms with E-state index in [1.807, 2.05) is 18.2 Å². The van der Waals surface area contributed by atoms with Gasteiger partial charge in [-0.05, 0) is 56.1 Å². The summed E-state index contributed by atoms with van der Waals surface area (Å²) < 4.78 is 0. The normalized spacial score (nSPS) is 23.9. The fourth-order valence-corrected chi connectivity index (χ4v) is 3.89. The zero-order valence-electron chi connectivity index (χ0n) is 11.5. The van der Waals surface area contributed by atoms with Gasteiger partial charge in [-0.2, -0.15) is 5.26 Å². The standard InChI is InChI=1S/C17H22N2/c18-14-17(19-15-6-2-1-3-7-15)12-10-16(11-13-17)8-4-5-9-16/h1-3,6-7,19H,4-5,8-13H2. The second kappa shape index (κ2) is 4.89. The lowest BCUT2D eigenvalue weighted by molar-refractivity contribution is 0.167. The average molecular weight is 254 g/mol. The second-order valence-electron chi connectivity index (χ2n) is 6.39. The molecule has 0 atom stereocenters. The smallest absolute Gasteiger partial charge is 0.125 e. The Hall–Kier alpha value is -1.49. The fourth-order valence-electron chi connectivity index (χ4n) is 3.89. The molecule has 0 aromatic heterocycles. The molecule has 2 saturated carbocycles. The molecule has 1 N–H and O–H groups in total. The van der Waals surface area contributed by atoms with E-state index in [-0.39, 0.29) is 5.54 Å². The number of nitriles is 1. The molecule has 1 spiro atoms. The van der Waals surface area contributed by atoms with Crippen LogP contribution in [0, 0.1) is 16.7 Å². The number of hydrogen-bond donors (Lipinski definition) is 1. The van der Waals surface area contributed by atoms with Crippen LogP contribution in [0.5, 0.6) is 0 Å². The van der Waals surface area contributed by atoms with Crippen molar-refractivity contribution in [3.8, 4) is 6.07 Å². The Morgan fingerprint density at radius 2 is 1.53 bits per heavy atom. The Morgan fingerprint density at radius 3 is 2.11 bits per heavy atom. The van der Waals surface area contributed by atoms with E-state index >= 15 is 0 Å². The largest absolute Gasteiger partial charge is 0.367 e. The number of para-hydroxylation sites is 1. The van der Waals surface area contributed by atoms with Crippen molar-refractivity contribution < 1.29 is 0 Å². The molecule has 1 aromatic carbocycles. The van der Waals surface area contributed by atoms with Crippen molar-refractivity contribution in [2.24, 2.45) is 5.41 Å². The van der Waals surface area contributed by atoms with Gasteiger partial charge >= 0.3 is 0 Å². The number of nitrogens with zero attached hydrogens (tertiary/aromatic N) is 1. The topological polar surface area (TPSA) is 35.8 Å². The third-order valence-corrected chi connectivity index (χ3v) is 5.20. The maximum atomic E-state index is 9.62. The molecule has 2 heteroatoms. The first-order valence-electron chi connectivity index (χ1n) is 7.51. The molecule has 0 amide bonds. The number of benzene rings is 1. The van der Waals surface area contributed by atoms with Gasteiger partial charge in [-0.25, -0.2) is 0 Å². The molecular formula is C17H22N2. The Labute approximate surface area is 115 Å². The van der Waals surface area contributed by atoms with Gasteiger partial charge in [-0.1, -0.05) is 31.0 Å². The lowest BCUT2D eigenvalue weighted by atomic mass is 9.67. The summed E-state index contributed by atoms with van der Waals surface area (Å²) in [5, 5.41) is 13.1. The molecule has 1 aromatic rings. The summed E-state index contributed by atoms with van der Waals surface area (Å²) >= 11 is 0. The minimum atomic E-state index is -0.338. The van der Waals surface area contributed by atoms with E-state index in [0.29, 0.717) is 5.41 Å².